The van der Waals surface area contributed by atoms with Gasteiger partial charge >= 0.3 is 0 Å². The fraction of sp³-hybridized carbons (Fsp3) is 0.389. The average molecular weight is 281 g/mol. The third-order valence-electron chi connectivity index (χ3n) is 4.03. The number of aryl methyl sites for hydroxylation is 1. The normalized spacial score (nSPS) is 15.0. The first-order chi connectivity index (χ1) is 10.3. The highest BCUT2D eigenvalue weighted by Crippen LogP contribution is 2.21. The van der Waals surface area contributed by atoms with Crippen LogP contribution in [0.5, 0.6) is 0 Å². The van der Waals surface area contributed by atoms with E-state index in [9.17, 15) is 0 Å². The zero-order valence-corrected chi connectivity index (χ0v) is 12.7. The standard InChI is InChI=1S/C18H23N3/c1-15-5-6-17(19-13-15)14-20-16-7-9-18(10-8-16)21-11-3-2-4-12-21/h5-10,13,20H,2-4,11-12,14H2,1H3. The Morgan fingerprint density at radius 3 is 2.43 bits per heavy atom. The molecule has 1 N–H and O–H groups in total. The lowest BCUT2D eigenvalue weighted by Crippen LogP contribution is -2.29. The number of benzene rings is 1. The molecular weight excluding hydrogens is 258 g/mol. The molecule has 1 fully saturated rings. The molecule has 0 spiro atoms. The number of piperidine rings is 1. The highest BCUT2D eigenvalue weighted by atomic mass is 15.1. The van der Waals surface area contributed by atoms with Crippen LogP contribution in [-0.2, 0) is 6.54 Å². The van der Waals surface area contributed by atoms with E-state index < -0.39 is 0 Å². The molecule has 0 radical (unpaired) electrons. The Balaban J connectivity index is 1.57. The zero-order chi connectivity index (χ0) is 14.5. The van der Waals surface area contributed by atoms with Crippen molar-refractivity contribution in [1.82, 2.24) is 4.98 Å². The fourth-order valence-electron chi connectivity index (χ4n) is 2.74. The summed E-state index contributed by atoms with van der Waals surface area (Å²) in [5.74, 6) is 0. The molecule has 110 valence electrons. The monoisotopic (exact) mass is 281 g/mol. The Kier molecular flexibility index (Phi) is 4.39. The van der Waals surface area contributed by atoms with Crippen LogP contribution < -0.4 is 10.2 Å². The quantitative estimate of drug-likeness (QED) is 0.918. The van der Waals surface area contributed by atoms with E-state index in [1.54, 1.807) is 0 Å². The van der Waals surface area contributed by atoms with Crippen molar-refractivity contribution in [3.8, 4) is 0 Å². The fourth-order valence-corrected chi connectivity index (χ4v) is 2.74. The van der Waals surface area contributed by atoms with Gasteiger partial charge in [0.05, 0.1) is 12.2 Å². The Morgan fingerprint density at radius 2 is 1.76 bits per heavy atom. The molecule has 1 aliphatic heterocycles. The van der Waals surface area contributed by atoms with Crippen molar-refractivity contribution in [2.75, 3.05) is 23.3 Å². The summed E-state index contributed by atoms with van der Waals surface area (Å²) in [7, 11) is 0. The number of hydrogen-bond donors (Lipinski definition) is 1. The summed E-state index contributed by atoms with van der Waals surface area (Å²) in [4.78, 5) is 6.89. The highest BCUT2D eigenvalue weighted by Gasteiger charge is 2.10. The van der Waals surface area contributed by atoms with Crippen molar-refractivity contribution in [1.29, 1.82) is 0 Å². The van der Waals surface area contributed by atoms with Gasteiger partial charge in [-0.15, -0.1) is 0 Å². The Morgan fingerprint density at radius 1 is 1.00 bits per heavy atom. The molecule has 3 nitrogen and oxygen atoms in total. The molecule has 2 heterocycles. The molecule has 0 saturated carbocycles. The second-order valence-electron chi connectivity index (χ2n) is 5.78. The molecule has 0 atom stereocenters. The van der Waals surface area contributed by atoms with Crippen molar-refractivity contribution in [3.05, 3.63) is 53.9 Å². The molecular formula is C18H23N3. The van der Waals surface area contributed by atoms with Crippen molar-refractivity contribution < 1.29 is 0 Å². The van der Waals surface area contributed by atoms with Crippen LogP contribution in [0.1, 0.15) is 30.5 Å². The van der Waals surface area contributed by atoms with Gasteiger partial charge in [0.1, 0.15) is 0 Å². The summed E-state index contributed by atoms with van der Waals surface area (Å²) >= 11 is 0. The van der Waals surface area contributed by atoms with Crippen LogP contribution in [0.2, 0.25) is 0 Å². The van der Waals surface area contributed by atoms with Gasteiger partial charge in [0.2, 0.25) is 0 Å². The number of anilines is 2. The minimum atomic E-state index is 0.767. The predicted molar refractivity (Wildman–Crippen MR) is 88.8 cm³/mol. The van der Waals surface area contributed by atoms with Crippen molar-refractivity contribution in [2.45, 2.75) is 32.7 Å². The predicted octanol–water partition coefficient (Wildman–Crippen LogP) is 3.99. The van der Waals surface area contributed by atoms with Crippen LogP contribution in [0.3, 0.4) is 0 Å². The van der Waals surface area contributed by atoms with Gasteiger partial charge in [-0.2, -0.15) is 0 Å². The minimum Gasteiger partial charge on any atom is -0.379 e. The first-order valence-electron chi connectivity index (χ1n) is 7.82. The van der Waals surface area contributed by atoms with Crippen molar-refractivity contribution in [3.63, 3.8) is 0 Å². The summed E-state index contributed by atoms with van der Waals surface area (Å²) in [6.45, 7) is 5.22. The summed E-state index contributed by atoms with van der Waals surface area (Å²) in [5, 5.41) is 3.43. The molecule has 21 heavy (non-hydrogen) atoms. The lowest BCUT2D eigenvalue weighted by molar-refractivity contribution is 0.578. The van der Waals surface area contributed by atoms with Gasteiger partial charge in [-0.05, 0) is 62.1 Å². The molecule has 1 saturated heterocycles. The summed E-state index contributed by atoms with van der Waals surface area (Å²) in [5.41, 5.74) is 4.76. The lowest BCUT2D eigenvalue weighted by Gasteiger charge is -2.28. The van der Waals surface area contributed by atoms with Crippen molar-refractivity contribution in [2.24, 2.45) is 0 Å². The van der Waals surface area contributed by atoms with Gasteiger partial charge in [0.25, 0.3) is 0 Å². The molecule has 1 aromatic heterocycles. The smallest absolute Gasteiger partial charge is 0.0594 e. The third kappa shape index (κ3) is 3.75. The maximum Gasteiger partial charge on any atom is 0.0594 e. The number of rotatable bonds is 4. The first-order valence-corrected chi connectivity index (χ1v) is 7.82. The molecule has 0 bridgehead atoms. The molecule has 1 aromatic carbocycles. The number of pyridine rings is 1. The van der Waals surface area contributed by atoms with Gasteiger partial charge in [-0.3, -0.25) is 4.98 Å². The van der Waals surface area contributed by atoms with Crippen LogP contribution >= 0.6 is 0 Å². The second kappa shape index (κ2) is 6.61. The van der Waals surface area contributed by atoms with E-state index in [1.165, 1.54) is 43.6 Å². The van der Waals surface area contributed by atoms with Gasteiger partial charge in [0.15, 0.2) is 0 Å². The van der Waals surface area contributed by atoms with Gasteiger partial charge < -0.3 is 10.2 Å². The van der Waals surface area contributed by atoms with Crippen LogP contribution in [0.15, 0.2) is 42.6 Å². The lowest BCUT2D eigenvalue weighted by atomic mass is 10.1. The van der Waals surface area contributed by atoms with Crippen molar-refractivity contribution >= 4 is 11.4 Å². The molecule has 1 aliphatic rings. The van der Waals surface area contributed by atoms with E-state index in [-0.39, 0.29) is 0 Å². The van der Waals surface area contributed by atoms with Crippen LogP contribution in [0.4, 0.5) is 11.4 Å². The number of nitrogens with zero attached hydrogens (tertiary/aromatic N) is 2. The molecule has 3 heteroatoms. The minimum absolute atomic E-state index is 0.767. The average Bonchev–Trinajstić information content (AvgIpc) is 2.56. The zero-order valence-electron chi connectivity index (χ0n) is 12.7. The van der Waals surface area contributed by atoms with Gasteiger partial charge in [-0.1, -0.05) is 6.07 Å². The van der Waals surface area contributed by atoms with E-state index in [0.717, 1.165) is 17.9 Å². The van der Waals surface area contributed by atoms with Crippen LogP contribution in [0, 0.1) is 6.92 Å². The number of hydrogen-bond acceptors (Lipinski definition) is 3. The maximum absolute atomic E-state index is 4.41. The Labute approximate surface area is 127 Å². The molecule has 3 rings (SSSR count). The van der Waals surface area contributed by atoms with E-state index >= 15 is 0 Å². The third-order valence-corrected chi connectivity index (χ3v) is 4.03. The Bertz CT molecular complexity index is 554. The van der Waals surface area contributed by atoms with Gasteiger partial charge in [-0.25, -0.2) is 0 Å². The van der Waals surface area contributed by atoms with E-state index in [0.29, 0.717) is 0 Å². The molecule has 0 unspecified atom stereocenters. The highest BCUT2D eigenvalue weighted by molar-refractivity contribution is 5.55. The Hall–Kier alpha value is -2.03. The SMILES string of the molecule is Cc1ccc(CNc2ccc(N3CCCCC3)cc2)nc1. The van der Waals surface area contributed by atoms with E-state index in [1.807, 2.05) is 6.20 Å². The summed E-state index contributed by atoms with van der Waals surface area (Å²) < 4.78 is 0. The maximum atomic E-state index is 4.41. The molecule has 0 amide bonds. The molecule has 2 aromatic rings. The topological polar surface area (TPSA) is 28.2 Å². The van der Waals surface area contributed by atoms with E-state index in [2.05, 4.69) is 58.5 Å². The summed E-state index contributed by atoms with van der Waals surface area (Å²) in [6.07, 6.45) is 5.92. The van der Waals surface area contributed by atoms with Crippen LogP contribution in [0.25, 0.3) is 0 Å². The van der Waals surface area contributed by atoms with Gasteiger partial charge in [0, 0.05) is 30.7 Å². The van der Waals surface area contributed by atoms with E-state index in [4.69, 9.17) is 0 Å². The molecule has 0 aliphatic carbocycles. The number of nitrogens with one attached hydrogen (secondary N) is 1. The number of aromatic nitrogens is 1. The first kappa shape index (κ1) is 13.9. The summed E-state index contributed by atoms with van der Waals surface area (Å²) in [6, 6.07) is 12.9. The second-order valence-corrected chi connectivity index (χ2v) is 5.78. The van der Waals surface area contributed by atoms with Crippen LogP contribution in [-0.4, -0.2) is 18.1 Å². The largest absolute Gasteiger partial charge is 0.379 e.